The average molecular weight is 553 g/mol. The predicted molar refractivity (Wildman–Crippen MR) is 132 cm³/mol. The van der Waals surface area contributed by atoms with Crippen LogP contribution >= 0.6 is 24.0 Å². The quantitative estimate of drug-likeness (QED) is 0.258. The Balaban J connectivity index is 0.00000480. The van der Waals surface area contributed by atoms with Crippen molar-refractivity contribution in [1.29, 1.82) is 0 Å². The first-order valence-corrected chi connectivity index (χ1v) is 11.0. The van der Waals surface area contributed by atoms with E-state index < -0.39 is 0 Å². The van der Waals surface area contributed by atoms with Crippen molar-refractivity contribution in [3.8, 4) is 0 Å². The van der Waals surface area contributed by atoms with E-state index in [0.29, 0.717) is 25.7 Å². The Kier molecular flexibility index (Phi) is 12.5. The SMILES string of the molecule is CCOC(=O)N1CCC(NC(=NCC(=O)N(C)C)NCC2(CCOC)CCC2)CC1.I. The van der Waals surface area contributed by atoms with E-state index in [4.69, 9.17) is 9.47 Å². The van der Waals surface area contributed by atoms with Crippen LogP contribution in [0.25, 0.3) is 0 Å². The molecule has 0 spiro atoms. The van der Waals surface area contributed by atoms with Crippen molar-refractivity contribution in [3.05, 3.63) is 0 Å². The number of aliphatic imine (C=N–C) groups is 1. The van der Waals surface area contributed by atoms with Gasteiger partial charge in [-0.3, -0.25) is 4.79 Å². The Morgan fingerprint density at radius 3 is 2.42 bits per heavy atom. The van der Waals surface area contributed by atoms with Crippen molar-refractivity contribution in [1.82, 2.24) is 20.4 Å². The topological polar surface area (TPSA) is 95.5 Å². The lowest BCUT2D eigenvalue weighted by Crippen LogP contribution is -2.52. The summed E-state index contributed by atoms with van der Waals surface area (Å²) in [6.07, 6.45) is 6.03. The Labute approximate surface area is 203 Å². The third-order valence-corrected chi connectivity index (χ3v) is 6.11. The maximum atomic E-state index is 12.0. The molecule has 0 bridgehead atoms. The maximum absolute atomic E-state index is 12.0. The zero-order valence-electron chi connectivity index (χ0n) is 19.4. The van der Waals surface area contributed by atoms with Gasteiger partial charge in [0.25, 0.3) is 0 Å². The van der Waals surface area contributed by atoms with Gasteiger partial charge in [0.05, 0.1) is 6.61 Å². The normalized spacial score (nSPS) is 18.5. The highest BCUT2D eigenvalue weighted by Gasteiger charge is 2.36. The third-order valence-electron chi connectivity index (χ3n) is 6.11. The molecule has 2 fully saturated rings. The fourth-order valence-electron chi connectivity index (χ4n) is 3.84. The number of guanidine groups is 1. The fraction of sp³-hybridized carbons (Fsp3) is 0.857. The summed E-state index contributed by atoms with van der Waals surface area (Å²) in [5, 5.41) is 6.95. The molecule has 1 saturated heterocycles. The Hall–Kier alpha value is -1.30. The van der Waals surface area contributed by atoms with Crippen LogP contribution in [0, 0.1) is 5.41 Å². The Morgan fingerprint density at radius 2 is 1.90 bits per heavy atom. The second-order valence-electron chi connectivity index (χ2n) is 8.51. The van der Waals surface area contributed by atoms with Gasteiger partial charge in [0.2, 0.25) is 5.91 Å². The van der Waals surface area contributed by atoms with Crippen LogP contribution in [0.15, 0.2) is 4.99 Å². The van der Waals surface area contributed by atoms with E-state index in [-0.39, 0.29) is 54.0 Å². The van der Waals surface area contributed by atoms with E-state index in [9.17, 15) is 9.59 Å². The highest BCUT2D eigenvalue weighted by molar-refractivity contribution is 14.0. The van der Waals surface area contributed by atoms with Crippen molar-refractivity contribution in [2.24, 2.45) is 10.4 Å². The summed E-state index contributed by atoms with van der Waals surface area (Å²) >= 11 is 0. The summed E-state index contributed by atoms with van der Waals surface area (Å²) in [5.41, 5.74) is 0.247. The lowest BCUT2D eigenvalue weighted by Gasteiger charge is -2.42. The number of nitrogens with one attached hydrogen (secondary N) is 2. The zero-order valence-corrected chi connectivity index (χ0v) is 21.8. The van der Waals surface area contributed by atoms with E-state index in [1.807, 2.05) is 6.92 Å². The van der Waals surface area contributed by atoms with Crippen LogP contribution in [0.4, 0.5) is 4.79 Å². The highest BCUT2D eigenvalue weighted by atomic mass is 127. The van der Waals surface area contributed by atoms with Crippen molar-refractivity contribution in [3.63, 3.8) is 0 Å². The van der Waals surface area contributed by atoms with Crippen LogP contribution in [-0.2, 0) is 14.3 Å². The number of nitrogens with zero attached hydrogens (tertiary/aromatic N) is 3. The third kappa shape index (κ3) is 8.99. The maximum Gasteiger partial charge on any atom is 0.409 e. The number of ether oxygens (including phenoxy) is 2. The summed E-state index contributed by atoms with van der Waals surface area (Å²) in [4.78, 5) is 31.7. The molecule has 1 heterocycles. The molecule has 2 N–H and O–H groups in total. The average Bonchev–Trinajstić information content (AvgIpc) is 2.71. The van der Waals surface area contributed by atoms with Crippen LogP contribution in [0.5, 0.6) is 0 Å². The molecule has 180 valence electrons. The minimum absolute atomic E-state index is 0. The van der Waals surface area contributed by atoms with E-state index in [0.717, 1.165) is 32.4 Å². The number of piperidine rings is 1. The van der Waals surface area contributed by atoms with Crippen molar-refractivity contribution < 1.29 is 19.1 Å². The molecule has 0 aromatic rings. The number of amides is 2. The molecule has 9 nitrogen and oxygen atoms in total. The number of rotatable bonds is 9. The molecule has 0 aromatic carbocycles. The van der Waals surface area contributed by atoms with Gasteiger partial charge in [-0.15, -0.1) is 24.0 Å². The van der Waals surface area contributed by atoms with Crippen molar-refractivity contribution in [2.75, 3.05) is 60.6 Å². The standard InChI is InChI=1S/C21H39N5O4.HI/c1-5-30-20(28)26-12-7-17(8-13-26)24-19(22-15-18(27)25(2)3)23-16-21(9-6-10-21)11-14-29-4;/h17H,5-16H2,1-4H3,(H2,22,23,24);1H. The molecular weight excluding hydrogens is 513 g/mol. The molecule has 1 aliphatic carbocycles. The number of carbonyl (C=O) groups is 2. The lowest BCUT2D eigenvalue weighted by atomic mass is 9.67. The summed E-state index contributed by atoms with van der Waals surface area (Å²) in [6, 6.07) is 0.202. The number of likely N-dealkylation sites (N-methyl/N-ethyl adjacent to an activating group) is 1. The largest absolute Gasteiger partial charge is 0.450 e. The summed E-state index contributed by atoms with van der Waals surface area (Å²) in [6.45, 7) is 5.19. The number of hydrogen-bond acceptors (Lipinski definition) is 5. The minimum Gasteiger partial charge on any atom is -0.450 e. The van der Waals surface area contributed by atoms with Crippen LogP contribution in [-0.4, -0.2) is 94.4 Å². The first-order valence-electron chi connectivity index (χ1n) is 11.0. The van der Waals surface area contributed by atoms with Gasteiger partial charge in [0, 0.05) is 53.5 Å². The van der Waals surface area contributed by atoms with Crippen LogP contribution in [0.2, 0.25) is 0 Å². The lowest BCUT2D eigenvalue weighted by molar-refractivity contribution is -0.127. The predicted octanol–water partition coefficient (Wildman–Crippen LogP) is 2.06. The molecular formula is C21H40IN5O4. The smallest absolute Gasteiger partial charge is 0.409 e. The molecule has 0 atom stereocenters. The van der Waals surface area contributed by atoms with E-state index in [1.165, 1.54) is 19.3 Å². The van der Waals surface area contributed by atoms with Gasteiger partial charge in [0.15, 0.2) is 5.96 Å². The second kappa shape index (κ2) is 14.0. The molecule has 1 aliphatic heterocycles. The number of halogens is 1. The minimum atomic E-state index is -0.246. The van der Waals surface area contributed by atoms with Gasteiger partial charge < -0.3 is 29.9 Å². The van der Waals surface area contributed by atoms with Gasteiger partial charge in [-0.25, -0.2) is 9.79 Å². The molecule has 2 amide bonds. The molecule has 2 aliphatic rings. The van der Waals surface area contributed by atoms with Crippen LogP contribution in [0.1, 0.15) is 45.4 Å². The molecule has 0 aromatic heterocycles. The Bertz CT molecular complexity index is 590. The fourth-order valence-corrected chi connectivity index (χ4v) is 3.84. The number of likely N-dealkylation sites (tertiary alicyclic amines) is 1. The molecule has 1 saturated carbocycles. The van der Waals surface area contributed by atoms with Gasteiger partial charge in [0.1, 0.15) is 6.54 Å². The van der Waals surface area contributed by atoms with Crippen LogP contribution < -0.4 is 10.6 Å². The molecule has 31 heavy (non-hydrogen) atoms. The van der Waals surface area contributed by atoms with Crippen LogP contribution in [0.3, 0.4) is 0 Å². The van der Waals surface area contributed by atoms with E-state index >= 15 is 0 Å². The Morgan fingerprint density at radius 1 is 1.23 bits per heavy atom. The number of carbonyl (C=O) groups excluding carboxylic acids is 2. The second-order valence-corrected chi connectivity index (χ2v) is 8.51. The molecule has 0 unspecified atom stereocenters. The highest BCUT2D eigenvalue weighted by Crippen LogP contribution is 2.43. The van der Waals surface area contributed by atoms with Crippen molar-refractivity contribution >= 4 is 41.9 Å². The monoisotopic (exact) mass is 553 g/mol. The van der Waals surface area contributed by atoms with Gasteiger partial charge in [-0.05, 0) is 44.4 Å². The number of hydrogen-bond donors (Lipinski definition) is 2. The molecule has 2 rings (SSSR count). The molecule has 10 heteroatoms. The summed E-state index contributed by atoms with van der Waals surface area (Å²) in [5.74, 6) is 0.634. The summed E-state index contributed by atoms with van der Waals surface area (Å²) < 4.78 is 10.4. The van der Waals surface area contributed by atoms with E-state index in [2.05, 4.69) is 15.6 Å². The first kappa shape index (κ1) is 27.7. The van der Waals surface area contributed by atoms with Gasteiger partial charge >= 0.3 is 6.09 Å². The van der Waals surface area contributed by atoms with Gasteiger partial charge in [-0.1, -0.05) is 6.42 Å². The first-order chi connectivity index (χ1) is 14.4. The zero-order chi connectivity index (χ0) is 22.0. The summed E-state index contributed by atoms with van der Waals surface area (Å²) in [7, 11) is 5.21. The molecule has 0 radical (unpaired) electrons. The van der Waals surface area contributed by atoms with Gasteiger partial charge in [-0.2, -0.15) is 0 Å². The number of methoxy groups -OCH3 is 1. The van der Waals surface area contributed by atoms with Crippen molar-refractivity contribution in [2.45, 2.75) is 51.5 Å². The van der Waals surface area contributed by atoms with E-state index in [1.54, 1.807) is 31.0 Å².